The third kappa shape index (κ3) is 21.9. The number of aromatic hydroxyl groups is 2. The van der Waals surface area contributed by atoms with Crippen LogP contribution in [-0.4, -0.2) is 34.1 Å². The molecule has 8 nitrogen and oxygen atoms in total. The molecular weight excluding hydrogens is 1530 g/mol. The number of halogens is 2. The largest absolute Gasteiger partial charge is 0.507 e. The van der Waals surface area contributed by atoms with Crippen LogP contribution in [-0.2, 0) is 78.0 Å². The number of rotatable bonds is 34. The molecule has 0 unspecified atom stereocenters. The van der Waals surface area contributed by atoms with Crippen LogP contribution in [0.25, 0.3) is 0 Å². The summed E-state index contributed by atoms with van der Waals surface area (Å²) < 4.78 is 15.1. The zero-order valence-electron chi connectivity index (χ0n) is 68.3. The van der Waals surface area contributed by atoms with Crippen LogP contribution in [0, 0.1) is 55.4 Å². The van der Waals surface area contributed by atoms with E-state index in [0.29, 0.717) is 91.3 Å². The van der Waals surface area contributed by atoms with Crippen LogP contribution in [0.1, 0.15) is 185 Å². The molecule has 1 aliphatic rings. The molecule has 0 saturated carbocycles. The van der Waals surface area contributed by atoms with Gasteiger partial charge < -0.3 is 39.3 Å². The summed E-state index contributed by atoms with van der Waals surface area (Å²) in [5, 5.41) is 30.1. The summed E-state index contributed by atoms with van der Waals surface area (Å²) in [7, 11) is 0. The zero-order valence-corrected chi connectivity index (χ0v) is 71.5. The highest BCUT2D eigenvalue weighted by molar-refractivity contribution is 9.09. The smallest absolute Gasteiger partial charge is 0.126 e. The van der Waals surface area contributed by atoms with Crippen molar-refractivity contribution in [2.75, 3.05) is 43.5 Å². The minimum Gasteiger partial charge on any atom is -0.507 e. The molecular formula is C104H114Br2N4O4. The van der Waals surface area contributed by atoms with Crippen LogP contribution in [0.4, 0.5) is 22.7 Å². The lowest BCUT2D eigenvalue weighted by atomic mass is 9.89. The maximum atomic E-state index is 14.1. The predicted octanol–water partition coefficient (Wildman–Crippen LogP) is 25.7. The first-order valence-corrected chi connectivity index (χ1v) is 43.5. The highest BCUT2D eigenvalue weighted by Crippen LogP contribution is 2.46. The number of phenolic OH excluding ortho intramolecular Hbond substituents is 2. The van der Waals surface area contributed by atoms with Crippen LogP contribution < -0.4 is 29.1 Å². The van der Waals surface area contributed by atoms with Gasteiger partial charge in [-0.3, -0.25) is 0 Å². The van der Waals surface area contributed by atoms with E-state index in [1.807, 2.05) is 0 Å². The lowest BCUT2D eigenvalue weighted by Crippen LogP contribution is -2.24. The van der Waals surface area contributed by atoms with E-state index in [1.54, 1.807) is 0 Å². The second kappa shape index (κ2) is 39.8. The zero-order chi connectivity index (χ0) is 79.5. The van der Waals surface area contributed by atoms with Gasteiger partial charge in [0.1, 0.15) is 23.0 Å². The lowest BCUT2D eigenvalue weighted by Gasteiger charge is -2.31. The van der Waals surface area contributed by atoms with E-state index in [0.717, 1.165) is 141 Å². The maximum absolute atomic E-state index is 14.1. The maximum Gasteiger partial charge on any atom is 0.126 e. The Morgan fingerprint density at radius 3 is 0.737 bits per heavy atom. The van der Waals surface area contributed by atoms with Crippen molar-refractivity contribution in [3.63, 3.8) is 0 Å². The van der Waals surface area contributed by atoms with Crippen molar-refractivity contribution in [3.05, 3.63) is 376 Å². The van der Waals surface area contributed by atoms with Gasteiger partial charge in [0, 0.05) is 156 Å². The average Bonchev–Trinajstić information content (AvgIpc) is 0.767. The van der Waals surface area contributed by atoms with Gasteiger partial charge in [0.05, 0.1) is 13.2 Å². The summed E-state index contributed by atoms with van der Waals surface area (Å²) in [6.07, 6.45) is 9.44. The Kier molecular flexibility index (Phi) is 28.7. The van der Waals surface area contributed by atoms with Crippen molar-refractivity contribution in [3.8, 4) is 23.0 Å². The van der Waals surface area contributed by atoms with Gasteiger partial charge in [-0.25, -0.2) is 0 Å². The number of ether oxygens (including phenoxy) is 2. The first-order valence-electron chi connectivity index (χ1n) is 41.3. The molecule has 2 N–H and O–H groups in total. The van der Waals surface area contributed by atoms with E-state index < -0.39 is 0 Å². The van der Waals surface area contributed by atoms with Crippen LogP contribution in [0.15, 0.2) is 243 Å². The Morgan fingerprint density at radius 1 is 0.263 bits per heavy atom. The summed E-state index contributed by atoms with van der Waals surface area (Å²) in [6.45, 7) is 23.7. The third-order valence-corrected chi connectivity index (χ3v) is 23.9. The Bertz CT molecular complexity index is 4870. The van der Waals surface area contributed by atoms with E-state index in [4.69, 9.17) is 9.47 Å². The minimum atomic E-state index is 0.249. The molecule has 588 valence electrons. The van der Waals surface area contributed by atoms with Gasteiger partial charge in [0.25, 0.3) is 0 Å². The second-order valence-electron chi connectivity index (χ2n) is 32.1. The second-order valence-corrected chi connectivity index (χ2v) is 33.7. The SMILES string of the molecule is Cc1ccc(CN(Cc2ccccc2)c2cc3c(OCCCCCCBr)c(c2)Cc2cc(N(Cc4ccc(C)cc4C)Cc4ccc(C)cc4C)cc(c2O)Cc2cc(N(Cc4ccccc4)Cc4ccc(C)cc4C)cc(c2OCCCCCCBr)Cc2cc(N(Cc4ccccc4)Cc4ccccc4)cc(c2O)C3)c(C)c1. The van der Waals surface area contributed by atoms with Crippen molar-refractivity contribution >= 4 is 54.6 Å². The first-order chi connectivity index (χ1) is 55.5. The number of hydrogen-bond donors (Lipinski definition) is 2. The Morgan fingerprint density at radius 2 is 0.491 bits per heavy atom. The van der Waals surface area contributed by atoms with Gasteiger partial charge in [0.15, 0.2) is 0 Å². The number of unbranched alkanes of at least 4 members (excludes halogenated alkanes) is 6. The monoisotopic (exact) mass is 1640 g/mol. The molecule has 1 aliphatic carbocycles. The molecule has 0 amide bonds. The molecule has 8 bridgehead atoms. The van der Waals surface area contributed by atoms with Crippen LogP contribution in [0.5, 0.6) is 23.0 Å². The van der Waals surface area contributed by atoms with Crippen molar-refractivity contribution in [1.29, 1.82) is 0 Å². The third-order valence-electron chi connectivity index (χ3n) is 22.8. The number of anilines is 4. The topological polar surface area (TPSA) is 71.9 Å². The quantitative estimate of drug-likeness (QED) is 0.0305. The van der Waals surface area contributed by atoms with Gasteiger partial charge in [-0.05, 0) is 196 Å². The highest BCUT2D eigenvalue weighted by atomic mass is 79.9. The number of phenols is 2. The molecule has 12 aromatic carbocycles. The van der Waals surface area contributed by atoms with Gasteiger partial charge in [-0.2, -0.15) is 0 Å². The Balaban J connectivity index is 1.12. The molecule has 10 heteroatoms. The average molecular weight is 1640 g/mol. The van der Waals surface area contributed by atoms with Crippen molar-refractivity contribution in [2.45, 2.75) is 185 Å². The van der Waals surface area contributed by atoms with Gasteiger partial charge in [-0.15, -0.1) is 0 Å². The highest BCUT2D eigenvalue weighted by Gasteiger charge is 2.29. The molecule has 0 saturated heterocycles. The fourth-order valence-electron chi connectivity index (χ4n) is 16.5. The normalized spacial score (nSPS) is 11.9. The summed E-state index contributed by atoms with van der Waals surface area (Å²) in [5.41, 5.74) is 30.7. The summed E-state index contributed by atoms with van der Waals surface area (Å²) in [5.74, 6) is 2.07. The van der Waals surface area contributed by atoms with Gasteiger partial charge >= 0.3 is 0 Å². The van der Waals surface area contributed by atoms with E-state index in [2.05, 4.69) is 350 Å². The molecule has 0 aliphatic heterocycles. The molecule has 13 rings (SSSR count). The molecule has 0 radical (unpaired) electrons. The summed E-state index contributed by atoms with van der Waals surface area (Å²) in [4.78, 5) is 10.1. The van der Waals surface area contributed by atoms with Crippen LogP contribution >= 0.6 is 31.9 Å². The fraction of sp³-hybridized carbons (Fsp3) is 0.308. The van der Waals surface area contributed by atoms with Crippen molar-refractivity contribution in [2.24, 2.45) is 0 Å². The van der Waals surface area contributed by atoms with E-state index in [1.165, 1.54) is 89.0 Å². The number of alkyl halides is 2. The number of benzene rings is 12. The van der Waals surface area contributed by atoms with Crippen molar-refractivity contribution < 1.29 is 19.7 Å². The molecule has 0 heterocycles. The molecule has 0 atom stereocenters. The fourth-order valence-corrected chi connectivity index (χ4v) is 17.3. The Hall–Kier alpha value is -10.0. The summed E-state index contributed by atoms with van der Waals surface area (Å²) in [6, 6.07) is 89.2. The van der Waals surface area contributed by atoms with Crippen LogP contribution in [0.3, 0.4) is 0 Å². The molecule has 12 aromatic rings. The first kappa shape index (κ1) is 82.0. The molecule has 0 spiro atoms. The van der Waals surface area contributed by atoms with E-state index in [9.17, 15) is 10.2 Å². The minimum absolute atomic E-state index is 0.249. The predicted molar refractivity (Wildman–Crippen MR) is 485 cm³/mol. The number of nitrogens with zero attached hydrogens (tertiary/aromatic N) is 4. The van der Waals surface area contributed by atoms with Gasteiger partial charge in [0.2, 0.25) is 0 Å². The molecule has 0 aromatic heterocycles. The molecule has 114 heavy (non-hydrogen) atoms. The molecule has 0 fully saturated rings. The number of hydrogen-bond acceptors (Lipinski definition) is 8. The van der Waals surface area contributed by atoms with Gasteiger partial charge in [-0.1, -0.05) is 274 Å². The van der Waals surface area contributed by atoms with Crippen LogP contribution in [0.2, 0.25) is 0 Å². The summed E-state index contributed by atoms with van der Waals surface area (Å²) >= 11 is 7.44. The van der Waals surface area contributed by atoms with E-state index in [-0.39, 0.29) is 11.5 Å². The Labute approximate surface area is 696 Å². The number of aryl methyl sites for hydroxylation is 8. The standard InChI is InChI=1S/C104H114Br2N4O4/c1-73-37-41-85(77(5)49-73)69-108(67-83-33-21-15-22-34-83)99-61-93-53-89-57-97(107(65-81-29-17-13-18-30-81)66-82-31-19-14-20-32-82)58-90(101(89)111)54-94-62-100(109(68-84-35-23-16-24-36-84)70-86-42-38-74(2)50-78(86)6)64-96(104(94)114-48-28-12-10-26-46-106)56-92-60-98(59-91(102(92)112)55-95(63-99)103(93)113-47-27-11-9-25-45-105)110(71-87-43-39-75(3)51-79(87)7)72-88-44-40-76(4)52-80(88)8/h13-24,29-44,49-52,57-64,111-112H,9-12,25-28,45-48,53-56,65-72H2,1-8H3. The lowest BCUT2D eigenvalue weighted by molar-refractivity contribution is 0.299. The van der Waals surface area contributed by atoms with E-state index >= 15 is 0 Å². The number of fused-ring (bicyclic) bond motifs is 8. The van der Waals surface area contributed by atoms with Crippen molar-refractivity contribution in [1.82, 2.24) is 0 Å².